The Labute approximate surface area is 85.0 Å². The van der Waals surface area contributed by atoms with E-state index in [0.29, 0.717) is 11.5 Å². The van der Waals surface area contributed by atoms with E-state index in [2.05, 4.69) is 0 Å². The topological polar surface area (TPSA) is 38.7 Å². The van der Waals surface area contributed by atoms with Crippen LogP contribution < -0.4 is 28.3 Å². The summed E-state index contributed by atoms with van der Waals surface area (Å²) in [4.78, 5) is 0. The Balaban J connectivity index is 0. The van der Waals surface area contributed by atoms with Gasteiger partial charge in [-0.15, -0.1) is 0 Å². The molecule has 0 unspecified atom stereocenters. The SMILES string of the molecule is COc1cccc(O)c1OC.[H-].[Li+]. The van der Waals surface area contributed by atoms with Gasteiger partial charge < -0.3 is 16.0 Å². The number of phenolic OH excluding ortho intramolecular Hbond substituents is 1. The summed E-state index contributed by atoms with van der Waals surface area (Å²) in [5.41, 5.74) is 0. The quantitative estimate of drug-likeness (QED) is 0.539. The number of phenols is 1. The first-order valence-electron chi connectivity index (χ1n) is 3.19. The van der Waals surface area contributed by atoms with Crippen molar-refractivity contribution in [2.45, 2.75) is 0 Å². The van der Waals surface area contributed by atoms with Crippen molar-refractivity contribution < 1.29 is 34.9 Å². The number of ether oxygens (including phenoxy) is 2. The molecule has 0 saturated heterocycles. The van der Waals surface area contributed by atoms with E-state index in [1.54, 1.807) is 18.2 Å². The summed E-state index contributed by atoms with van der Waals surface area (Å²) in [6.07, 6.45) is 0. The molecule has 1 aromatic carbocycles. The van der Waals surface area contributed by atoms with Gasteiger partial charge >= 0.3 is 18.9 Å². The molecule has 0 amide bonds. The second kappa shape index (κ2) is 4.97. The maximum atomic E-state index is 9.22. The van der Waals surface area contributed by atoms with E-state index in [-0.39, 0.29) is 26.0 Å². The van der Waals surface area contributed by atoms with E-state index in [1.807, 2.05) is 0 Å². The minimum atomic E-state index is 0. The first kappa shape index (κ1) is 11.2. The van der Waals surface area contributed by atoms with Crippen LogP contribution >= 0.6 is 0 Å². The van der Waals surface area contributed by atoms with Crippen molar-refractivity contribution in [3.05, 3.63) is 18.2 Å². The Kier molecular flexibility index (Phi) is 4.64. The predicted molar refractivity (Wildman–Crippen MR) is 42.3 cm³/mol. The van der Waals surface area contributed by atoms with E-state index in [0.717, 1.165) is 0 Å². The van der Waals surface area contributed by atoms with Crippen molar-refractivity contribution in [3.63, 3.8) is 0 Å². The van der Waals surface area contributed by atoms with Crippen molar-refractivity contribution >= 4 is 0 Å². The fourth-order valence-corrected chi connectivity index (χ4v) is 0.870. The van der Waals surface area contributed by atoms with E-state index < -0.39 is 0 Å². The number of hydrogen-bond donors (Lipinski definition) is 1. The van der Waals surface area contributed by atoms with Crippen LogP contribution in [-0.2, 0) is 0 Å². The smallest absolute Gasteiger partial charge is 1.00 e. The first-order chi connectivity index (χ1) is 5.29. The number of para-hydroxylation sites is 1. The fourth-order valence-electron chi connectivity index (χ4n) is 0.870. The maximum Gasteiger partial charge on any atom is 1.00 e. The Morgan fingerprint density at radius 2 is 1.92 bits per heavy atom. The van der Waals surface area contributed by atoms with E-state index >= 15 is 0 Å². The summed E-state index contributed by atoms with van der Waals surface area (Å²) in [6.45, 7) is 0. The molecule has 0 bridgehead atoms. The van der Waals surface area contributed by atoms with Crippen molar-refractivity contribution in [1.29, 1.82) is 0 Å². The monoisotopic (exact) mass is 162 g/mol. The Bertz CT molecular complexity index is 255. The third kappa shape index (κ3) is 2.10. The van der Waals surface area contributed by atoms with E-state index in [4.69, 9.17) is 9.47 Å². The Hall–Kier alpha value is -0.783. The zero-order chi connectivity index (χ0) is 8.27. The van der Waals surface area contributed by atoms with E-state index in [9.17, 15) is 5.11 Å². The van der Waals surface area contributed by atoms with Gasteiger partial charge in [0.2, 0.25) is 5.75 Å². The Morgan fingerprint density at radius 3 is 2.33 bits per heavy atom. The van der Waals surface area contributed by atoms with Gasteiger partial charge in [-0.05, 0) is 12.1 Å². The molecule has 62 valence electrons. The van der Waals surface area contributed by atoms with Crippen LogP contribution in [0.5, 0.6) is 17.2 Å². The molecule has 0 aliphatic carbocycles. The molecule has 3 nitrogen and oxygen atoms in total. The minimum absolute atomic E-state index is 0. The average Bonchev–Trinajstić information content (AvgIpc) is 2.04. The van der Waals surface area contributed by atoms with Crippen LogP contribution in [0.2, 0.25) is 0 Å². The van der Waals surface area contributed by atoms with Crippen LogP contribution in [0, 0.1) is 0 Å². The third-order valence-electron chi connectivity index (χ3n) is 1.38. The molecule has 0 radical (unpaired) electrons. The van der Waals surface area contributed by atoms with Crippen LogP contribution in [0.4, 0.5) is 0 Å². The maximum absolute atomic E-state index is 9.22. The van der Waals surface area contributed by atoms with Crippen LogP contribution in [-0.4, -0.2) is 19.3 Å². The largest absolute Gasteiger partial charge is 1.00 e. The molecule has 4 heteroatoms. The van der Waals surface area contributed by atoms with E-state index in [1.165, 1.54) is 14.2 Å². The number of hydrogen-bond acceptors (Lipinski definition) is 3. The average molecular weight is 162 g/mol. The number of aromatic hydroxyl groups is 1. The molecular weight excluding hydrogens is 151 g/mol. The second-order valence-corrected chi connectivity index (χ2v) is 2.01. The molecule has 0 aliphatic heterocycles. The molecule has 0 fully saturated rings. The fraction of sp³-hybridized carbons (Fsp3) is 0.250. The van der Waals surface area contributed by atoms with Crippen molar-refractivity contribution in [1.82, 2.24) is 0 Å². The summed E-state index contributed by atoms with van der Waals surface area (Å²) in [5, 5.41) is 9.22. The van der Waals surface area contributed by atoms with Gasteiger partial charge in [0.1, 0.15) is 0 Å². The normalized spacial score (nSPS) is 8.50. The summed E-state index contributed by atoms with van der Waals surface area (Å²) in [6, 6.07) is 4.95. The Morgan fingerprint density at radius 1 is 1.25 bits per heavy atom. The second-order valence-electron chi connectivity index (χ2n) is 2.01. The van der Waals surface area contributed by atoms with Gasteiger partial charge in [-0.1, -0.05) is 6.07 Å². The van der Waals surface area contributed by atoms with Gasteiger partial charge in [0.15, 0.2) is 11.5 Å². The van der Waals surface area contributed by atoms with Crippen LogP contribution in [0.3, 0.4) is 0 Å². The first-order valence-corrected chi connectivity index (χ1v) is 3.19. The zero-order valence-electron chi connectivity index (χ0n) is 8.50. The standard InChI is InChI=1S/C8H10O3.Li.H/c1-10-7-5-3-4-6(9)8(7)11-2;;/h3-5,9H,1-2H3;;/q;+1;-1. The van der Waals surface area contributed by atoms with Crippen LogP contribution in [0.1, 0.15) is 1.43 Å². The third-order valence-corrected chi connectivity index (χ3v) is 1.38. The summed E-state index contributed by atoms with van der Waals surface area (Å²) < 4.78 is 9.82. The number of rotatable bonds is 2. The van der Waals surface area contributed by atoms with Gasteiger partial charge in [0.25, 0.3) is 0 Å². The molecule has 0 spiro atoms. The van der Waals surface area contributed by atoms with Crippen LogP contribution in [0.15, 0.2) is 18.2 Å². The predicted octanol–water partition coefficient (Wildman–Crippen LogP) is -1.47. The summed E-state index contributed by atoms with van der Waals surface area (Å²) in [5.74, 6) is 0.995. The summed E-state index contributed by atoms with van der Waals surface area (Å²) in [7, 11) is 3.01. The molecule has 0 aromatic heterocycles. The molecule has 1 N–H and O–H groups in total. The van der Waals surface area contributed by atoms with Gasteiger partial charge in [-0.25, -0.2) is 0 Å². The zero-order valence-corrected chi connectivity index (χ0v) is 7.50. The van der Waals surface area contributed by atoms with Crippen LogP contribution in [0.25, 0.3) is 0 Å². The molecule has 0 atom stereocenters. The minimum Gasteiger partial charge on any atom is -1.00 e. The van der Waals surface area contributed by atoms with Gasteiger partial charge in [0.05, 0.1) is 14.2 Å². The molecule has 0 saturated carbocycles. The van der Waals surface area contributed by atoms with Gasteiger partial charge in [-0.2, -0.15) is 0 Å². The van der Waals surface area contributed by atoms with Crippen molar-refractivity contribution in [2.24, 2.45) is 0 Å². The van der Waals surface area contributed by atoms with Gasteiger partial charge in [0, 0.05) is 0 Å². The molecule has 0 aliphatic rings. The molecule has 1 rings (SSSR count). The molecular formula is C8H11LiO3. The molecule has 0 heterocycles. The van der Waals surface area contributed by atoms with Crippen molar-refractivity contribution in [2.75, 3.05) is 14.2 Å². The number of methoxy groups -OCH3 is 2. The molecule has 1 aromatic rings. The van der Waals surface area contributed by atoms with Gasteiger partial charge in [-0.3, -0.25) is 0 Å². The van der Waals surface area contributed by atoms with Crippen molar-refractivity contribution in [3.8, 4) is 17.2 Å². The molecule has 12 heavy (non-hydrogen) atoms. The number of benzene rings is 1. The summed E-state index contributed by atoms with van der Waals surface area (Å²) >= 11 is 0.